The number of benzene rings is 2. The Bertz CT molecular complexity index is 814. The van der Waals surface area contributed by atoms with Crippen LogP contribution >= 0.6 is 0 Å². The van der Waals surface area contributed by atoms with Crippen molar-refractivity contribution in [3.63, 3.8) is 0 Å². The van der Waals surface area contributed by atoms with Crippen molar-refractivity contribution in [2.75, 3.05) is 13.2 Å². The van der Waals surface area contributed by atoms with Gasteiger partial charge in [-0.15, -0.1) is 0 Å². The number of carbonyl (C=O) groups excluding carboxylic acids is 3. The molecular weight excluding hydrogens is 341 g/mol. The van der Waals surface area contributed by atoms with Crippen LogP contribution in [0.15, 0.2) is 48.5 Å². The van der Waals surface area contributed by atoms with Crippen LogP contribution < -0.4 is 4.74 Å². The first kappa shape index (κ1) is 17.6. The third-order valence-corrected chi connectivity index (χ3v) is 3.96. The zero-order valence-electron chi connectivity index (χ0n) is 14.0. The molecule has 7 heteroatoms. The van der Waals surface area contributed by atoms with Gasteiger partial charge >= 0.3 is 5.97 Å². The van der Waals surface area contributed by atoms with E-state index in [-0.39, 0.29) is 30.2 Å². The second-order valence-electron chi connectivity index (χ2n) is 5.67. The first-order valence-electron chi connectivity index (χ1n) is 8.01. The van der Waals surface area contributed by atoms with Gasteiger partial charge in [-0.25, -0.2) is 9.18 Å². The van der Waals surface area contributed by atoms with Crippen LogP contribution in [0.5, 0.6) is 5.75 Å². The van der Waals surface area contributed by atoms with Gasteiger partial charge < -0.3 is 9.47 Å². The molecule has 2 aromatic rings. The third-order valence-electron chi connectivity index (χ3n) is 3.96. The number of carbonyl (C=O) groups is 3. The topological polar surface area (TPSA) is 72.9 Å². The van der Waals surface area contributed by atoms with Gasteiger partial charge in [0.2, 0.25) is 0 Å². The highest BCUT2D eigenvalue weighted by atomic mass is 19.1. The quantitative estimate of drug-likeness (QED) is 0.451. The van der Waals surface area contributed by atoms with Crippen molar-refractivity contribution in [3.8, 4) is 5.75 Å². The maximum Gasteiger partial charge on any atom is 0.329 e. The van der Waals surface area contributed by atoms with E-state index in [2.05, 4.69) is 0 Å². The van der Waals surface area contributed by atoms with Gasteiger partial charge in [-0.3, -0.25) is 14.5 Å². The number of hydrogen-bond acceptors (Lipinski definition) is 5. The lowest BCUT2D eigenvalue weighted by molar-refractivity contribution is -0.148. The summed E-state index contributed by atoms with van der Waals surface area (Å²) in [4.78, 5) is 37.7. The normalized spacial score (nSPS) is 14.2. The molecule has 0 spiro atoms. The van der Waals surface area contributed by atoms with Crippen LogP contribution in [0.3, 0.4) is 0 Å². The average Bonchev–Trinajstić information content (AvgIpc) is 2.90. The van der Waals surface area contributed by atoms with E-state index in [1.54, 1.807) is 24.3 Å². The molecule has 2 amide bonds. The Morgan fingerprint density at radius 1 is 1.00 bits per heavy atom. The molecule has 1 heterocycles. The molecule has 0 radical (unpaired) electrons. The van der Waals surface area contributed by atoms with Crippen molar-refractivity contribution in [2.24, 2.45) is 0 Å². The summed E-state index contributed by atoms with van der Waals surface area (Å²) in [5, 5.41) is 0. The molecule has 134 valence electrons. The van der Waals surface area contributed by atoms with E-state index in [1.165, 1.54) is 31.2 Å². The Hall–Kier alpha value is -3.22. The average molecular weight is 357 g/mol. The standard InChI is InChI=1S/C19H16FNO5/c1-12(21-17(22)15-4-2-3-5-16(15)18(21)23)19(24)26-11-10-25-14-8-6-13(20)7-9-14/h2-9,12H,10-11H2,1H3. The van der Waals surface area contributed by atoms with Crippen molar-refractivity contribution >= 4 is 17.8 Å². The van der Waals surface area contributed by atoms with Crippen LogP contribution in [0, 0.1) is 5.82 Å². The predicted molar refractivity (Wildman–Crippen MR) is 89.3 cm³/mol. The number of amides is 2. The van der Waals surface area contributed by atoms with E-state index in [0.29, 0.717) is 5.75 Å². The van der Waals surface area contributed by atoms with Gasteiger partial charge in [0, 0.05) is 0 Å². The molecule has 0 fully saturated rings. The second kappa shape index (κ2) is 7.35. The molecule has 1 atom stereocenters. The number of ether oxygens (including phenoxy) is 2. The van der Waals surface area contributed by atoms with Crippen LogP contribution in [0.25, 0.3) is 0 Å². The van der Waals surface area contributed by atoms with Crippen molar-refractivity contribution in [1.29, 1.82) is 0 Å². The Labute approximate surface area is 149 Å². The lowest BCUT2D eigenvalue weighted by atomic mass is 10.1. The van der Waals surface area contributed by atoms with Gasteiger partial charge in [-0.05, 0) is 43.3 Å². The fourth-order valence-corrected chi connectivity index (χ4v) is 2.62. The van der Waals surface area contributed by atoms with Crippen LogP contribution in [0.1, 0.15) is 27.6 Å². The van der Waals surface area contributed by atoms with Crippen LogP contribution in [0.2, 0.25) is 0 Å². The summed E-state index contributed by atoms with van der Waals surface area (Å²) in [6.07, 6.45) is 0. The lowest BCUT2D eigenvalue weighted by Gasteiger charge is -2.20. The highest BCUT2D eigenvalue weighted by molar-refractivity contribution is 6.22. The summed E-state index contributed by atoms with van der Waals surface area (Å²) in [5.74, 6) is -1.67. The first-order valence-corrected chi connectivity index (χ1v) is 8.01. The summed E-state index contributed by atoms with van der Waals surface area (Å²) in [6.45, 7) is 1.43. The van der Waals surface area contributed by atoms with E-state index in [0.717, 1.165) is 4.90 Å². The monoisotopic (exact) mass is 357 g/mol. The Morgan fingerprint density at radius 2 is 1.58 bits per heavy atom. The van der Waals surface area contributed by atoms with Gasteiger partial charge in [-0.2, -0.15) is 0 Å². The summed E-state index contributed by atoms with van der Waals surface area (Å²) >= 11 is 0. The van der Waals surface area contributed by atoms with Gasteiger partial charge in [0.05, 0.1) is 11.1 Å². The molecule has 0 bridgehead atoms. The zero-order chi connectivity index (χ0) is 18.7. The van der Waals surface area contributed by atoms with Crippen LogP contribution in [0.4, 0.5) is 4.39 Å². The highest BCUT2D eigenvalue weighted by Gasteiger charge is 2.41. The fraction of sp³-hybridized carbons (Fsp3) is 0.211. The maximum absolute atomic E-state index is 12.8. The third kappa shape index (κ3) is 3.42. The van der Waals surface area contributed by atoms with Crippen LogP contribution in [-0.4, -0.2) is 41.9 Å². The SMILES string of the molecule is CC(C(=O)OCCOc1ccc(F)cc1)N1C(=O)c2ccccc2C1=O. The Morgan fingerprint density at radius 3 is 2.15 bits per heavy atom. The van der Waals surface area contributed by atoms with Crippen LogP contribution in [-0.2, 0) is 9.53 Å². The van der Waals surface area contributed by atoms with Crippen molar-refractivity contribution in [3.05, 3.63) is 65.5 Å². The Balaban J connectivity index is 1.53. The smallest absolute Gasteiger partial charge is 0.329 e. The second-order valence-corrected chi connectivity index (χ2v) is 5.67. The molecule has 1 unspecified atom stereocenters. The van der Waals surface area contributed by atoms with Gasteiger partial charge in [0.15, 0.2) is 0 Å². The summed E-state index contributed by atoms with van der Waals surface area (Å²) in [5.41, 5.74) is 0.550. The Kier molecular flexibility index (Phi) is 4.97. The largest absolute Gasteiger partial charge is 0.490 e. The molecule has 3 rings (SSSR count). The highest BCUT2D eigenvalue weighted by Crippen LogP contribution is 2.24. The number of rotatable bonds is 6. The number of nitrogens with zero attached hydrogens (tertiary/aromatic N) is 1. The molecule has 2 aromatic carbocycles. The van der Waals surface area contributed by atoms with Gasteiger partial charge in [0.1, 0.15) is 30.8 Å². The molecule has 1 aliphatic heterocycles. The lowest BCUT2D eigenvalue weighted by Crippen LogP contribution is -2.44. The number of esters is 1. The molecule has 0 aliphatic carbocycles. The summed E-state index contributed by atoms with van der Waals surface area (Å²) in [6, 6.07) is 10.8. The minimum Gasteiger partial charge on any atom is -0.490 e. The van der Waals surface area contributed by atoms with E-state index >= 15 is 0 Å². The van der Waals surface area contributed by atoms with E-state index < -0.39 is 23.8 Å². The molecule has 0 N–H and O–H groups in total. The predicted octanol–water partition coefficient (Wildman–Crippen LogP) is 2.43. The fourth-order valence-electron chi connectivity index (χ4n) is 2.62. The van der Waals surface area contributed by atoms with Crippen molar-refractivity contribution in [2.45, 2.75) is 13.0 Å². The minimum absolute atomic E-state index is 0.0617. The molecule has 1 aliphatic rings. The van der Waals surface area contributed by atoms with Crippen molar-refractivity contribution in [1.82, 2.24) is 4.90 Å². The number of hydrogen-bond donors (Lipinski definition) is 0. The molecule has 6 nitrogen and oxygen atoms in total. The molecular formula is C19H16FNO5. The number of fused-ring (bicyclic) bond motifs is 1. The zero-order valence-corrected chi connectivity index (χ0v) is 14.0. The summed E-state index contributed by atoms with van der Waals surface area (Å²) < 4.78 is 23.2. The van der Waals surface area contributed by atoms with E-state index in [1.807, 2.05) is 0 Å². The van der Waals surface area contributed by atoms with Crippen molar-refractivity contribution < 1.29 is 28.2 Å². The molecule has 0 aromatic heterocycles. The van der Waals surface area contributed by atoms with E-state index in [4.69, 9.17) is 9.47 Å². The molecule has 26 heavy (non-hydrogen) atoms. The molecule has 0 saturated carbocycles. The first-order chi connectivity index (χ1) is 12.5. The number of halogens is 1. The minimum atomic E-state index is -1.05. The summed E-state index contributed by atoms with van der Waals surface area (Å²) in [7, 11) is 0. The molecule has 0 saturated heterocycles. The maximum atomic E-state index is 12.8. The van der Waals surface area contributed by atoms with Gasteiger partial charge in [-0.1, -0.05) is 12.1 Å². The van der Waals surface area contributed by atoms with E-state index in [9.17, 15) is 18.8 Å². The number of imide groups is 1. The van der Waals surface area contributed by atoms with Gasteiger partial charge in [0.25, 0.3) is 11.8 Å².